The van der Waals surface area contributed by atoms with Crippen LogP contribution >= 0.6 is 0 Å². The molecule has 0 radical (unpaired) electrons. The minimum atomic E-state index is -1.38. The van der Waals surface area contributed by atoms with Crippen molar-refractivity contribution in [1.29, 1.82) is 5.26 Å². The number of piperidine rings is 1. The molecule has 1 saturated heterocycles. The van der Waals surface area contributed by atoms with E-state index in [9.17, 15) is 33.1 Å². The Morgan fingerprint density at radius 2 is 1.97 bits per heavy atom. The quantitative estimate of drug-likeness (QED) is 0.593. The number of nitriles is 1. The van der Waals surface area contributed by atoms with Gasteiger partial charge in [0.15, 0.2) is 5.82 Å². The number of hydrogen-bond acceptors (Lipinski definition) is 5. The summed E-state index contributed by atoms with van der Waals surface area (Å²) in [5.41, 5.74) is 5.74. The first-order valence-corrected chi connectivity index (χ1v) is 9.73. The second-order valence-corrected chi connectivity index (χ2v) is 7.42. The van der Waals surface area contributed by atoms with Gasteiger partial charge in [-0.15, -0.1) is 0 Å². The molecule has 1 fully saturated rings. The highest BCUT2D eigenvalue weighted by atomic mass is 19.1. The number of carbonyl (C=O) groups is 2. The molecule has 0 aliphatic carbocycles. The van der Waals surface area contributed by atoms with Crippen LogP contribution in [0.1, 0.15) is 22.8 Å². The number of carbonyl (C=O) groups excluding carboxylic acids is 1. The van der Waals surface area contributed by atoms with Crippen LogP contribution < -0.4 is 11.1 Å². The lowest BCUT2D eigenvalue weighted by Crippen LogP contribution is -2.56. The van der Waals surface area contributed by atoms with Gasteiger partial charge in [0.25, 0.3) is 5.91 Å². The average Bonchev–Trinajstić information content (AvgIpc) is 3.19. The molecule has 0 bridgehead atoms. The number of nitrogens with one attached hydrogen (secondary N) is 1. The van der Waals surface area contributed by atoms with E-state index in [0.717, 1.165) is 9.58 Å². The number of likely N-dealkylation sites (tertiary alicyclic amines) is 1. The Morgan fingerprint density at radius 3 is 2.50 bits per heavy atom. The Balaban J connectivity index is 2.08. The van der Waals surface area contributed by atoms with Gasteiger partial charge >= 0.3 is 6.09 Å². The van der Waals surface area contributed by atoms with E-state index in [-0.39, 0.29) is 24.3 Å². The standard InChI is InChI=1S/C20H21F3N6O3/c21-7-12(8-22)16-17(11(9-24)5-6-28(16)20(31)32)29-10-15(18(25)30)19(27-29)26-14-3-1-13(23)2-4-14/h1-4,10-12,16-17H,5-8H2,(H2,25,30)(H,26,27)(H,31,32)/t11-,16?,17-/m0/s1. The third-order valence-corrected chi connectivity index (χ3v) is 5.50. The van der Waals surface area contributed by atoms with Crippen LogP contribution in [0.25, 0.3) is 0 Å². The molecule has 3 atom stereocenters. The summed E-state index contributed by atoms with van der Waals surface area (Å²) in [7, 11) is 0. The van der Waals surface area contributed by atoms with Gasteiger partial charge in [-0.05, 0) is 30.7 Å². The molecule has 1 aromatic carbocycles. The maximum absolute atomic E-state index is 13.6. The molecule has 2 heterocycles. The van der Waals surface area contributed by atoms with Gasteiger partial charge in [-0.3, -0.25) is 18.3 Å². The second kappa shape index (κ2) is 9.59. The molecule has 170 valence electrons. The molecule has 1 unspecified atom stereocenters. The molecule has 1 aliphatic heterocycles. The number of nitrogens with zero attached hydrogens (tertiary/aromatic N) is 4. The molecule has 2 amide bonds. The van der Waals surface area contributed by atoms with Crippen molar-refractivity contribution in [2.45, 2.75) is 18.5 Å². The summed E-state index contributed by atoms with van der Waals surface area (Å²) in [5.74, 6) is -3.53. The van der Waals surface area contributed by atoms with E-state index in [2.05, 4.69) is 16.5 Å². The molecule has 32 heavy (non-hydrogen) atoms. The summed E-state index contributed by atoms with van der Waals surface area (Å²) >= 11 is 0. The number of aromatic nitrogens is 2. The van der Waals surface area contributed by atoms with Crippen LogP contribution in [0.15, 0.2) is 30.5 Å². The summed E-state index contributed by atoms with van der Waals surface area (Å²) in [5, 5.41) is 26.3. The molecule has 1 aliphatic rings. The van der Waals surface area contributed by atoms with E-state index >= 15 is 0 Å². The Hall–Kier alpha value is -3.75. The van der Waals surface area contributed by atoms with Crippen LogP contribution in [-0.2, 0) is 0 Å². The zero-order chi connectivity index (χ0) is 23.4. The molecule has 3 rings (SSSR count). The summed E-state index contributed by atoms with van der Waals surface area (Å²) in [6.45, 7) is -2.37. The lowest BCUT2D eigenvalue weighted by atomic mass is 9.81. The first-order valence-electron chi connectivity index (χ1n) is 9.73. The van der Waals surface area contributed by atoms with Crippen molar-refractivity contribution >= 4 is 23.5 Å². The molecule has 0 spiro atoms. The number of amides is 2. The molecule has 12 heteroatoms. The predicted octanol–water partition coefficient (Wildman–Crippen LogP) is 2.85. The summed E-state index contributed by atoms with van der Waals surface area (Å²) in [4.78, 5) is 24.7. The molecule has 0 saturated carbocycles. The van der Waals surface area contributed by atoms with Crippen molar-refractivity contribution in [2.75, 3.05) is 25.2 Å². The van der Waals surface area contributed by atoms with Crippen molar-refractivity contribution in [3.63, 3.8) is 0 Å². The maximum atomic E-state index is 13.6. The minimum Gasteiger partial charge on any atom is -0.465 e. The van der Waals surface area contributed by atoms with Crippen LogP contribution in [0.2, 0.25) is 0 Å². The first kappa shape index (κ1) is 22.9. The lowest BCUT2D eigenvalue weighted by molar-refractivity contribution is 0.0192. The number of carboxylic acid groups (broad SMARTS) is 1. The molecular formula is C20H21F3N6O3. The number of alkyl halides is 2. The van der Waals surface area contributed by atoms with Crippen molar-refractivity contribution in [1.82, 2.24) is 14.7 Å². The number of rotatable bonds is 7. The fourth-order valence-electron chi connectivity index (χ4n) is 3.97. The van der Waals surface area contributed by atoms with Crippen molar-refractivity contribution in [3.8, 4) is 6.07 Å². The zero-order valence-corrected chi connectivity index (χ0v) is 16.8. The average molecular weight is 450 g/mol. The van der Waals surface area contributed by atoms with E-state index in [1.54, 1.807) is 0 Å². The minimum absolute atomic E-state index is 0.0240. The zero-order valence-electron chi connectivity index (χ0n) is 16.8. The normalized spacial score (nSPS) is 20.7. The first-order chi connectivity index (χ1) is 15.3. The Kier molecular flexibility index (Phi) is 6.87. The Bertz CT molecular complexity index is 1020. The summed E-state index contributed by atoms with van der Waals surface area (Å²) in [6.07, 6.45) is -0.0492. The van der Waals surface area contributed by atoms with Crippen molar-refractivity contribution in [3.05, 3.63) is 41.8 Å². The highest BCUT2D eigenvalue weighted by Crippen LogP contribution is 2.38. The van der Waals surface area contributed by atoms with Crippen LogP contribution in [0.4, 0.5) is 29.5 Å². The lowest BCUT2D eigenvalue weighted by Gasteiger charge is -2.44. The van der Waals surface area contributed by atoms with E-state index in [0.29, 0.717) is 5.69 Å². The number of primary amides is 1. The van der Waals surface area contributed by atoms with Crippen LogP contribution in [0.3, 0.4) is 0 Å². The number of benzene rings is 1. The van der Waals surface area contributed by atoms with Gasteiger partial charge in [0.2, 0.25) is 0 Å². The highest BCUT2D eigenvalue weighted by molar-refractivity contribution is 5.98. The number of hydrogen-bond donors (Lipinski definition) is 3. The Labute approximate surface area is 181 Å². The van der Waals surface area contributed by atoms with Crippen LogP contribution in [-0.4, -0.2) is 57.7 Å². The van der Waals surface area contributed by atoms with Crippen LogP contribution in [0.5, 0.6) is 0 Å². The summed E-state index contributed by atoms with van der Waals surface area (Å²) < 4.78 is 41.6. The fourth-order valence-corrected chi connectivity index (χ4v) is 3.97. The van der Waals surface area contributed by atoms with E-state index in [1.807, 2.05) is 0 Å². The SMILES string of the molecule is N#C[C@@H]1CCN(C(=O)O)C(C(CF)CF)[C@H]1n1cc(C(N)=O)c(Nc2ccc(F)cc2)n1. The largest absolute Gasteiger partial charge is 0.465 e. The molecule has 2 aromatic rings. The maximum Gasteiger partial charge on any atom is 0.407 e. The third kappa shape index (κ3) is 4.46. The van der Waals surface area contributed by atoms with Crippen LogP contribution in [0, 0.1) is 29.0 Å². The van der Waals surface area contributed by atoms with Gasteiger partial charge < -0.3 is 21.1 Å². The number of halogens is 3. The van der Waals surface area contributed by atoms with Gasteiger partial charge in [-0.2, -0.15) is 10.4 Å². The summed E-state index contributed by atoms with van der Waals surface area (Å²) in [6, 6.07) is 4.92. The highest BCUT2D eigenvalue weighted by Gasteiger charge is 2.46. The molecule has 1 aromatic heterocycles. The predicted molar refractivity (Wildman–Crippen MR) is 107 cm³/mol. The topological polar surface area (TPSA) is 137 Å². The fraction of sp³-hybridized carbons (Fsp3) is 0.400. The van der Waals surface area contributed by atoms with Crippen molar-refractivity contribution in [2.24, 2.45) is 17.6 Å². The molecular weight excluding hydrogens is 429 g/mol. The van der Waals surface area contributed by atoms with Gasteiger partial charge in [0.05, 0.1) is 37.4 Å². The van der Waals surface area contributed by atoms with Gasteiger partial charge in [-0.25, -0.2) is 9.18 Å². The monoisotopic (exact) mass is 450 g/mol. The van der Waals surface area contributed by atoms with E-state index in [4.69, 9.17) is 5.73 Å². The van der Waals surface area contributed by atoms with Crippen molar-refractivity contribution < 1.29 is 27.9 Å². The van der Waals surface area contributed by atoms with Gasteiger partial charge in [-0.1, -0.05) is 0 Å². The smallest absolute Gasteiger partial charge is 0.407 e. The molecule has 9 nitrogen and oxygen atoms in total. The number of nitrogens with two attached hydrogens (primary N) is 1. The van der Waals surface area contributed by atoms with Gasteiger partial charge in [0.1, 0.15) is 11.4 Å². The Morgan fingerprint density at radius 1 is 1.31 bits per heavy atom. The van der Waals surface area contributed by atoms with Gasteiger partial charge in [0, 0.05) is 24.3 Å². The third-order valence-electron chi connectivity index (χ3n) is 5.50. The molecule has 4 N–H and O–H groups in total. The second-order valence-electron chi connectivity index (χ2n) is 7.42. The van der Waals surface area contributed by atoms with E-state index in [1.165, 1.54) is 30.5 Å². The van der Waals surface area contributed by atoms with E-state index < -0.39 is 55.1 Å². The number of anilines is 2.